The lowest BCUT2D eigenvalue weighted by atomic mass is 10.2. The van der Waals surface area contributed by atoms with Crippen LogP contribution in [0.5, 0.6) is 5.75 Å². The molecular formula is C8H6ClF2NO5S. The van der Waals surface area contributed by atoms with Crippen molar-refractivity contribution in [3.05, 3.63) is 27.8 Å². The zero-order chi connectivity index (χ0) is 14.1. The third kappa shape index (κ3) is 3.26. The number of benzene rings is 1. The molecule has 0 aromatic heterocycles. The summed E-state index contributed by atoms with van der Waals surface area (Å²) in [5, 5.41) is 10.7. The van der Waals surface area contributed by atoms with E-state index in [4.69, 9.17) is 10.7 Å². The molecule has 1 rings (SSSR count). The van der Waals surface area contributed by atoms with Gasteiger partial charge in [0, 0.05) is 10.7 Å². The van der Waals surface area contributed by atoms with E-state index in [0.29, 0.717) is 6.07 Å². The van der Waals surface area contributed by atoms with Gasteiger partial charge >= 0.3 is 6.61 Å². The van der Waals surface area contributed by atoms with Gasteiger partial charge in [-0.3, -0.25) is 10.1 Å². The topological polar surface area (TPSA) is 86.5 Å². The lowest BCUT2D eigenvalue weighted by Crippen LogP contribution is -2.06. The lowest BCUT2D eigenvalue weighted by molar-refractivity contribution is -0.387. The number of nitrogens with zero attached hydrogens (tertiary/aromatic N) is 1. The normalized spacial score (nSPS) is 11.6. The van der Waals surface area contributed by atoms with Crippen LogP contribution in [-0.2, 0) is 9.05 Å². The fourth-order valence-electron chi connectivity index (χ4n) is 1.21. The number of alkyl halides is 2. The summed E-state index contributed by atoms with van der Waals surface area (Å²) in [4.78, 5) is 8.84. The van der Waals surface area contributed by atoms with Crippen molar-refractivity contribution >= 4 is 25.4 Å². The van der Waals surface area contributed by atoms with Crippen LogP contribution in [0.3, 0.4) is 0 Å². The SMILES string of the molecule is Cc1cc(S(=O)(=O)Cl)c([N+](=O)[O-])cc1OC(F)F. The highest BCUT2D eigenvalue weighted by molar-refractivity contribution is 8.13. The summed E-state index contributed by atoms with van der Waals surface area (Å²) in [7, 11) is 0.658. The molecule has 100 valence electrons. The van der Waals surface area contributed by atoms with Crippen molar-refractivity contribution in [2.45, 2.75) is 18.4 Å². The van der Waals surface area contributed by atoms with Crippen LogP contribution in [0.2, 0.25) is 0 Å². The summed E-state index contributed by atoms with van der Waals surface area (Å²) in [6, 6.07) is 1.40. The fourth-order valence-corrected chi connectivity index (χ4v) is 2.28. The molecule has 0 amide bonds. The van der Waals surface area contributed by atoms with E-state index in [1.807, 2.05) is 0 Å². The molecule has 18 heavy (non-hydrogen) atoms. The minimum Gasteiger partial charge on any atom is -0.434 e. The molecule has 0 aliphatic carbocycles. The van der Waals surface area contributed by atoms with Crippen LogP contribution in [-0.4, -0.2) is 20.0 Å². The Labute approximate surface area is 105 Å². The van der Waals surface area contributed by atoms with Gasteiger partial charge in [-0.15, -0.1) is 0 Å². The van der Waals surface area contributed by atoms with Crippen molar-refractivity contribution in [2.24, 2.45) is 0 Å². The molecule has 6 nitrogen and oxygen atoms in total. The first-order valence-corrected chi connectivity index (χ1v) is 6.62. The Kier molecular flexibility index (Phi) is 4.07. The van der Waals surface area contributed by atoms with Crippen LogP contribution in [0.1, 0.15) is 5.56 Å². The van der Waals surface area contributed by atoms with Gasteiger partial charge < -0.3 is 4.74 Å². The Morgan fingerprint density at radius 3 is 2.39 bits per heavy atom. The van der Waals surface area contributed by atoms with Gasteiger partial charge in [-0.1, -0.05) is 0 Å². The van der Waals surface area contributed by atoms with Crippen molar-refractivity contribution < 1.29 is 26.9 Å². The number of rotatable bonds is 4. The second-order valence-electron chi connectivity index (χ2n) is 3.16. The molecule has 0 saturated heterocycles. The zero-order valence-electron chi connectivity index (χ0n) is 8.76. The number of hydrogen-bond donors (Lipinski definition) is 0. The maximum absolute atomic E-state index is 12.0. The van der Waals surface area contributed by atoms with Crippen LogP contribution < -0.4 is 4.74 Å². The smallest absolute Gasteiger partial charge is 0.387 e. The minimum absolute atomic E-state index is 0.0138. The molecule has 1 aromatic rings. The van der Waals surface area contributed by atoms with Crippen LogP contribution in [0, 0.1) is 17.0 Å². The maximum atomic E-state index is 12.0. The predicted molar refractivity (Wildman–Crippen MR) is 57.5 cm³/mol. The quantitative estimate of drug-likeness (QED) is 0.484. The summed E-state index contributed by atoms with van der Waals surface area (Å²) >= 11 is 0. The van der Waals surface area contributed by atoms with Crippen molar-refractivity contribution in [1.82, 2.24) is 0 Å². The van der Waals surface area contributed by atoms with E-state index in [1.165, 1.54) is 6.92 Å². The highest BCUT2D eigenvalue weighted by Crippen LogP contribution is 2.34. The van der Waals surface area contributed by atoms with Gasteiger partial charge in [0.15, 0.2) is 4.90 Å². The Balaban J connectivity index is 3.49. The third-order valence-electron chi connectivity index (χ3n) is 1.93. The molecule has 0 N–H and O–H groups in total. The van der Waals surface area contributed by atoms with E-state index in [2.05, 4.69) is 4.74 Å². The second kappa shape index (κ2) is 5.02. The number of halogens is 3. The maximum Gasteiger partial charge on any atom is 0.387 e. The van der Waals surface area contributed by atoms with Crippen molar-refractivity contribution in [2.75, 3.05) is 0 Å². The monoisotopic (exact) mass is 301 g/mol. The summed E-state index contributed by atoms with van der Waals surface area (Å²) in [6.07, 6.45) is 0. The standard InChI is InChI=1S/C8H6ClF2NO5S/c1-4-2-7(18(9,15)16)5(12(13)14)3-6(4)17-8(10)11/h2-3,8H,1H3. The average molecular weight is 302 g/mol. The molecule has 0 saturated carbocycles. The summed E-state index contributed by atoms with van der Waals surface area (Å²) in [6.45, 7) is -1.92. The number of hydrogen-bond acceptors (Lipinski definition) is 5. The van der Waals surface area contributed by atoms with Gasteiger partial charge in [0.1, 0.15) is 5.75 Å². The number of nitro benzene ring substituents is 1. The van der Waals surface area contributed by atoms with Crippen molar-refractivity contribution in [3.8, 4) is 5.75 Å². The van der Waals surface area contributed by atoms with Crippen LogP contribution in [0.4, 0.5) is 14.5 Å². The molecule has 1 aromatic carbocycles. The molecule has 0 bridgehead atoms. The molecule has 0 atom stereocenters. The van der Waals surface area contributed by atoms with Crippen LogP contribution >= 0.6 is 10.7 Å². The molecule has 0 spiro atoms. The summed E-state index contributed by atoms with van der Waals surface area (Å²) < 4.78 is 50.3. The number of aryl methyl sites for hydroxylation is 1. The van der Waals surface area contributed by atoms with Gasteiger partial charge in [0.2, 0.25) is 0 Å². The fraction of sp³-hybridized carbons (Fsp3) is 0.250. The average Bonchev–Trinajstić information content (AvgIpc) is 2.17. The summed E-state index contributed by atoms with van der Waals surface area (Å²) in [5.41, 5.74) is -0.939. The Morgan fingerprint density at radius 1 is 1.44 bits per heavy atom. The van der Waals surface area contributed by atoms with E-state index < -0.39 is 36.9 Å². The first kappa shape index (κ1) is 14.6. The second-order valence-corrected chi connectivity index (χ2v) is 5.69. The van der Waals surface area contributed by atoms with Crippen molar-refractivity contribution in [3.63, 3.8) is 0 Å². The first-order chi connectivity index (χ1) is 8.12. The third-order valence-corrected chi connectivity index (χ3v) is 3.28. The van der Waals surface area contributed by atoms with E-state index in [1.54, 1.807) is 0 Å². The Bertz CT molecular complexity index is 589. The Morgan fingerprint density at radius 2 is 2.00 bits per heavy atom. The first-order valence-electron chi connectivity index (χ1n) is 4.31. The van der Waals surface area contributed by atoms with Crippen LogP contribution in [0.15, 0.2) is 17.0 Å². The number of ether oxygens (including phenoxy) is 1. The predicted octanol–water partition coefficient (Wildman–Crippen LogP) is 2.43. The molecule has 0 aliphatic rings. The minimum atomic E-state index is -4.36. The molecule has 10 heteroatoms. The number of nitro groups is 1. The highest BCUT2D eigenvalue weighted by atomic mass is 35.7. The van der Waals surface area contributed by atoms with Crippen LogP contribution in [0.25, 0.3) is 0 Å². The lowest BCUT2D eigenvalue weighted by Gasteiger charge is -2.09. The van der Waals surface area contributed by atoms with Gasteiger partial charge in [-0.25, -0.2) is 8.42 Å². The van der Waals surface area contributed by atoms with E-state index >= 15 is 0 Å². The van der Waals surface area contributed by atoms with Gasteiger partial charge in [0.25, 0.3) is 14.7 Å². The highest BCUT2D eigenvalue weighted by Gasteiger charge is 2.27. The molecule has 0 aliphatic heterocycles. The largest absolute Gasteiger partial charge is 0.434 e. The van der Waals surface area contributed by atoms with Gasteiger partial charge in [0.05, 0.1) is 11.0 Å². The van der Waals surface area contributed by atoms with Gasteiger partial charge in [-0.05, 0) is 18.6 Å². The molecule has 0 unspecified atom stereocenters. The van der Waals surface area contributed by atoms with Crippen molar-refractivity contribution in [1.29, 1.82) is 0 Å². The van der Waals surface area contributed by atoms with E-state index in [0.717, 1.165) is 6.07 Å². The Hall–Kier alpha value is -1.48. The van der Waals surface area contributed by atoms with E-state index in [9.17, 15) is 27.3 Å². The van der Waals surface area contributed by atoms with Gasteiger partial charge in [-0.2, -0.15) is 8.78 Å². The zero-order valence-corrected chi connectivity index (χ0v) is 10.3. The molecule has 0 radical (unpaired) electrons. The van der Waals surface area contributed by atoms with E-state index in [-0.39, 0.29) is 5.56 Å². The molecule has 0 heterocycles. The molecular weight excluding hydrogens is 296 g/mol. The summed E-state index contributed by atoms with van der Waals surface area (Å²) in [5.74, 6) is -0.485. The molecule has 0 fully saturated rings.